The molecule has 152 valence electrons. The molecule has 2 aromatic rings. The second-order valence-electron chi connectivity index (χ2n) is 5.81. The molecule has 0 heterocycles. The zero-order valence-corrected chi connectivity index (χ0v) is 16.1. The van der Waals surface area contributed by atoms with E-state index in [0.29, 0.717) is 11.3 Å². The molecule has 9 nitrogen and oxygen atoms in total. The minimum absolute atomic E-state index is 0.0244. The summed E-state index contributed by atoms with van der Waals surface area (Å²) >= 11 is 5.88. The summed E-state index contributed by atoms with van der Waals surface area (Å²) in [6.07, 6.45) is -0.0979. The van der Waals surface area contributed by atoms with Crippen molar-refractivity contribution in [3.05, 3.63) is 63.2 Å². The minimum atomic E-state index is -0.693. The van der Waals surface area contributed by atoms with Crippen molar-refractivity contribution in [2.75, 3.05) is 18.5 Å². The van der Waals surface area contributed by atoms with E-state index in [9.17, 15) is 24.5 Å². The number of hydrogen-bond acceptors (Lipinski definition) is 7. The van der Waals surface area contributed by atoms with Crippen LogP contribution in [0.1, 0.15) is 23.7 Å². The maximum atomic E-state index is 11.9. The van der Waals surface area contributed by atoms with Crippen LogP contribution in [0.15, 0.2) is 42.5 Å². The van der Waals surface area contributed by atoms with Crippen molar-refractivity contribution < 1.29 is 28.8 Å². The van der Waals surface area contributed by atoms with Crippen LogP contribution in [0.3, 0.4) is 0 Å². The summed E-state index contributed by atoms with van der Waals surface area (Å²) in [5, 5.41) is 13.2. The number of non-ortho nitro benzene ring substituents is 1. The molecule has 0 unspecified atom stereocenters. The van der Waals surface area contributed by atoms with Crippen LogP contribution in [0.2, 0.25) is 5.02 Å². The molecule has 0 radical (unpaired) electrons. The lowest BCUT2D eigenvalue weighted by molar-refractivity contribution is -0.384. The third kappa shape index (κ3) is 6.89. The second kappa shape index (κ2) is 10.2. The fourth-order valence-electron chi connectivity index (χ4n) is 2.17. The van der Waals surface area contributed by atoms with Crippen molar-refractivity contribution in [3.63, 3.8) is 0 Å². The number of ether oxygens (including phenoxy) is 2. The van der Waals surface area contributed by atoms with Crippen LogP contribution in [-0.2, 0) is 14.3 Å². The van der Waals surface area contributed by atoms with Crippen LogP contribution in [0, 0.1) is 10.1 Å². The number of ketones is 1. The van der Waals surface area contributed by atoms with E-state index in [1.165, 1.54) is 19.1 Å². The Morgan fingerprint density at radius 2 is 1.83 bits per heavy atom. The summed E-state index contributed by atoms with van der Waals surface area (Å²) in [5.41, 5.74) is 0.348. The molecular formula is C19H17ClN2O7. The van der Waals surface area contributed by atoms with E-state index in [1.54, 1.807) is 24.3 Å². The molecule has 0 aromatic heterocycles. The summed E-state index contributed by atoms with van der Waals surface area (Å²) in [6.45, 7) is 0.900. The predicted molar refractivity (Wildman–Crippen MR) is 104 cm³/mol. The summed E-state index contributed by atoms with van der Waals surface area (Å²) in [4.78, 5) is 44.9. The van der Waals surface area contributed by atoms with Crippen LogP contribution in [-0.4, -0.2) is 35.8 Å². The van der Waals surface area contributed by atoms with Gasteiger partial charge in [-0.1, -0.05) is 11.6 Å². The molecule has 0 atom stereocenters. The first-order chi connectivity index (χ1) is 13.8. The van der Waals surface area contributed by atoms with E-state index < -0.39 is 23.4 Å². The summed E-state index contributed by atoms with van der Waals surface area (Å²) < 4.78 is 10.2. The minimum Gasteiger partial charge on any atom is -0.493 e. The van der Waals surface area contributed by atoms with E-state index in [0.717, 1.165) is 6.07 Å². The highest BCUT2D eigenvalue weighted by Crippen LogP contribution is 2.26. The van der Waals surface area contributed by atoms with E-state index >= 15 is 0 Å². The van der Waals surface area contributed by atoms with Crippen LogP contribution >= 0.6 is 11.6 Å². The number of nitro benzene ring substituents is 1. The van der Waals surface area contributed by atoms with Crippen molar-refractivity contribution >= 4 is 40.6 Å². The quantitative estimate of drug-likeness (QED) is 0.285. The van der Waals surface area contributed by atoms with Crippen molar-refractivity contribution in [2.24, 2.45) is 0 Å². The van der Waals surface area contributed by atoms with Crippen molar-refractivity contribution in [1.29, 1.82) is 0 Å². The Kier molecular flexibility index (Phi) is 7.67. The summed E-state index contributed by atoms with van der Waals surface area (Å²) in [6, 6.07) is 10.0. The molecule has 1 amide bonds. The maximum Gasteiger partial charge on any atom is 0.309 e. The number of rotatable bonds is 9. The molecule has 0 saturated heterocycles. The van der Waals surface area contributed by atoms with Crippen LogP contribution in [0.5, 0.6) is 5.75 Å². The Bertz CT molecular complexity index is 929. The molecule has 2 aromatic carbocycles. The number of hydrogen-bond donors (Lipinski definition) is 1. The summed E-state index contributed by atoms with van der Waals surface area (Å²) in [5.74, 6) is -0.933. The molecule has 0 aliphatic carbocycles. The number of Topliss-reactive ketones (excluding diaryl/α,β-unsaturated/α-hetero) is 1. The lowest BCUT2D eigenvalue weighted by atomic mass is 10.1. The normalized spacial score (nSPS) is 10.1. The average Bonchev–Trinajstić information content (AvgIpc) is 2.68. The number of halogens is 1. The predicted octanol–water partition coefficient (Wildman–Crippen LogP) is 3.40. The van der Waals surface area contributed by atoms with Gasteiger partial charge in [-0.15, -0.1) is 0 Å². The number of nitrogens with zero attached hydrogens (tertiary/aromatic N) is 1. The Morgan fingerprint density at radius 3 is 2.45 bits per heavy atom. The zero-order valence-electron chi connectivity index (χ0n) is 15.3. The lowest BCUT2D eigenvalue weighted by Gasteiger charge is -2.09. The summed E-state index contributed by atoms with van der Waals surface area (Å²) in [7, 11) is 0. The van der Waals surface area contributed by atoms with Crippen LogP contribution < -0.4 is 10.1 Å². The smallest absolute Gasteiger partial charge is 0.309 e. The highest BCUT2D eigenvalue weighted by molar-refractivity contribution is 6.33. The van der Waals surface area contributed by atoms with E-state index in [4.69, 9.17) is 21.1 Å². The molecule has 0 aliphatic rings. The monoisotopic (exact) mass is 420 g/mol. The van der Waals surface area contributed by atoms with Gasteiger partial charge in [0.2, 0.25) is 0 Å². The topological polar surface area (TPSA) is 125 Å². The average molecular weight is 421 g/mol. The van der Waals surface area contributed by atoms with Gasteiger partial charge >= 0.3 is 5.97 Å². The van der Waals surface area contributed by atoms with Crippen molar-refractivity contribution in [3.8, 4) is 5.75 Å². The number of esters is 1. The second-order valence-corrected chi connectivity index (χ2v) is 6.22. The third-order valence-electron chi connectivity index (χ3n) is 3.63. The SMILES string of the molecule is CC(=O)c1ccc(OCCC(=O)OCC(=O)Nc2cc([N+](=O)[O-])ccc2Cl)cc1. The number of amides is 1. The van der Waals surface area contributed by atoms with Gasteiger partial charge in [-0.25, -0.2) is 0 Å². The Hall–Kier alpha value is -3.46. The number of carbonyl (C=O) groups excluding carboxylic acids is 3. The fourth-order valence-corrected chi connectivity index (χ4v) is 2.33. The van der Waals surface area contributed by atoms with Gasteiger partial charge < -0.3 is 14.8 Å². The standard InChI is InChI=1S/C19H17ClN2O7/c1-12(23)13-2-5-15(6-3-13)28-9-8-19(25)29-11-18(24)21-17-10-14(22(26)27)4-7-16(17)20/h2-7,10H,8-9,11H2,1H3,(H,21,24). The Balaban J connectivity index is 1.74. The van der Waals surface area contributed by atoms with Crippen molar-refractivity contribution in [1.82, 2.24) is 0 Å². The van der Waals surface area contributed by atoms with Gasteiger partial charge in [-0.05, 0) is 37.3 Å². The van der Waals surface area contributed by atoms with Gasteiger partial charge in [0.05, 0.1) is 28.7 Å². The van der Waals surface area contributed by atoms with Crippen LogP contribution in [0.4, 0.5) is 11.4 Å². The van der Waals surface area contributed by atoms with Gasteiger partial charge in [0.15, 0.2) is 12.4 Å². The molecular weight excluding hydrogens is 404 g/mol. The highest BCUT2D eigenvalue weighted by Gasteiger charge is 2.13. The largest absolute Gasteiger partial charge is 0.493 e. The number of anilines is 1. The molecule has 0 spiro atoms. The number of benzene rings is 2. The van der Waals surface area contributed by atoms with Gasteiger partial charge in [0.25, 0.3) is 11.6 Å². The van der Waals surface area contributed by atoms with Crippen molar-refractivity contribution in [2.45, 2.75) is 13.3 Å². The third-order valence-corrected chi connectivity index (χ3v) is 3.96. The molecule has 29 heavy (non-hydrogen) atoms. The first kappa shape index (κ1) is 21.8. The zero-order chi connectivity index (χ0) is 21.4. The van der Waals surface area contributed by atoms with Gasteiger partial charge in [0.1, 0.15) is 5.75 Å². The first-order valence-electron chi connectivity index (χ1n) is 8.39. The number of nitro groups is 1. The molecule has 0 saturated carbocycles. The van der Waals surface area contributed by atoms with Crippen LogP contribution in [0.25, 0.3) is 0 Å². The molecule has 0 fully saturated rings. The molecule has 0 bridgehead atoms. The van der Waals surface area contributed by atoms with E-state index in [2.05, 4.69) is 5.32 Å². The first-order valence-corrected chi connectivity index (χ1v) is 8.77. The number of nitrogens with one attached hydrogen (secondary N) is 1. The molecule has 10 heteroatoms. The fraction of sp³-hybridized carbons (Fsp3) is 0.211. The Morgan fingerprint density at radius 1 is 1.14 bits per heavy atom. The molecule has 2 rings (SSSR count). The highest BCUT2D eigenvalue weighted by atomic mass is 35.5. The Labute approximate surface area is 170 Å². The van der Waals surface area contributed by atoms with Gasteiger partial charge in [-0.2, -0.15) is 0 Å². The molecule has 0 aliphatic heterocycles. The van der Waals surface area contributed by atoms with Gasteiger partial charge in [0, 0.05) is 17.7 Å². The lowest BCUT2D eigenvalue weighted by Crippen LogP contribution is -2.21. The van der Waals surface area contributed by atoms with E-state index in [1.807, 2.05) is 0 Å². The number of carbonyl (C=O) groups is 3. The maximum absolute atomic E-state index is 11.9. The van der Waals surface area contributed by atoms with Gasteiger partial charge in [-0.3, -0.25) is 24.5 Å². The molecule has 1 N–H and O–H groups in total. The van der Waals surface area contributed by atoms with E-state index in [-0.39, 0.29) is 35.2 Å².